The minimum atomic E-state index is -0.0465. The number of thioether (sulfide) groups is 1. The van der Waals surface area contributed by atoms with Gasteiger partial charge in [-0.2, -0.15) is 0 Å². The Morgan fingerprint density at radius 2 is 1.90 bits per heavy atom. The number of carbonyl (C=O) groups excluding carboxylic acids is 1. The zero-order chi connectivity index (χ0) is 21.8. The first-order chi connectivity index (χ1) is 15.1. The maximum absolute atomic E-state index is 11.6. The molecule has 3 aromatic heterocycles. The van der Waals surface area contributed by atoms with Crippen molar-refractivity contribution in [3.05, 3.63) is 59.9 Å². The summed E-state index contributed by atoms with van der Waals surface area (Å²) in [5.41, 5.74) is 2.73. The quantitative estimate of drug-likeness (QED) is 0.391. The van der Waals surface area contributed by atoms with Gasteiger partial charge in [-0.3, -0.25) is 19.2 Å². The number of ether oxygens (including phenoxy) is 1. The van der Waals surface area contributed by atoms with Crippen LogP contribution in [0.15, 0.2) is 59.3 Å². The summed E-state index contributed by atoms with van der Waals surface area (Å²) in [7, 11) is 3.36. The average molecular weight is 453 g/mol. The highest BCUT2D eigenvalue weighted by molar-refractivity contribution is 7.98. The zero-order valence-electron chi connectivity index (χ0n) is 17.2. The van der Waals surface area contributed by atoms with E-state index in [-0.39, 0.29) is 5.91 Å². The van der Waals surface area contributed by atoms with Crippen molar-refractivity contribution in [2.75, 3.05) is 19.1 Å². The van der Waals surface area contributed by atoms with Crippen LogP contribution in [-0.4, -0.2) is 44.8 Å². The van der Waals surface area contributed by atoms with Crippen LogP contribution < -0.4 is 9.64 Å². The van der Waals surface area contributed by atoms with Gasteiger partial charge in [0.2, 0.25) is 5.91 Å². The van der Waals surface area contributed by atoms with Crippen LogP contribution in [0.3, 0.4) is 0 Å². The molecule has 4 aromatic rings. The van der Waals surface area contributed by atoms with Gasteiger partial charge in [-0.15, -0.1) is 21.5 Å². The number of hydrogen-bond acceptors (Lipinski definition) is 8. The van der Waals surface area contributed by atoms with Crippen LogP contribution in [0.4, 0.5) is 5.13 Å². The Kier molecular flexibility index (Phi) is 6.28. The molecule has 1 aromatic carbocycles. The van der Waals surface area contributed by atoms with Crippen molar-refractivity contribution >= 4 is 34.1 Å². The molecule has 0 saturated heterocycles. The molecule has 0 bridgehead atoms. The largest absolute Gasteiger partial charge is 0.497 e. The summed E-state index contributed by atoms with van der Waals surface area (Å²) in [6.07, 6.45) is 3.47. The van der Waals surface area contributed by atoms with Crippen molar-refractivity contribution in [2.24, 2.45) is 0 Å². The van der Waals surface area contributed by atoms with Gasteiger partial charge in [0, 0.05) is 48.7 Å². The lowest BCUT2D eigenvalue weighted by atomic mass is 10.2. The van der Waals surface area contributed by atoms with Crippen molar-refractivity contribution in [1.29, 1.82) is 0 Å². The van der Waals surface area contributed by atoms with Gasteiger partial charge in [-0.05, 0) is 36.4 Å². The molecule has 1 amide bonds. The summed E-state index contributed by atoms with van der Waals surface area (Å²) in [6.45, 7) is 1.52. The van der Waals surface area contributed by atoms with Gasteiger partial charge in [0.05, 0.1) is 12.8 Å². The second-order valence-corrected chi connectivity index (χ2v) is 8.34. The van der Waals surface area contributed by atoms with Gasteiger partial charge in [-0.25, -0.2) is 4.98 Å². The van der Waals surface area contributed by atoms with E-state index in [1.54, 1.807) is 31.5 Å². The van der Waals surface area contributed by atoms with E-state index in [0.717, 1.165) is 33.7 Å². The van der Waals surface area contributed by atoms with Gasteiger partial charge in [0.1, 0.15) is 5.75 Å². The minimum absolute atomic E-state index is 0.0465. The number of benzene rings is 1. The fraction of sp³-hybridized carbons (Fsp3) is 0.190. The molecular weight excluding hydrogens is 432 g/mol. The van der Waals surface area contributed by atoms with Gasteiger partial charge < -0.3 is 4.74 Å². The minimum Gasteiger partial charge on any atom is -0.497 e. The molecule has 0 atom stereocenters. The van der Waals surface area contributed by atoms with Crippen molar-refractivity contribution in [3.8, 4) is 22.8 Å². The molecule has 8 nitrogen and oxygen atoms in total. The third kappa shape index (κ3) is 4.59. The Morgan fingerprint density at radius 1 is 1.16 bits per heavy atom. The zero-order valence-corrected chi connectivity index (χ0v) is 18.9. The van der Waals surface area contributed by atoms with Crippen molar-refractivity contribution in [2.45, 2.75) is 17.8 Å². The standard InChI is InChI=1S/C21H20N6O2S2/c1-14(28)26(2)20-23-16(12-30-20)13-31-21-25-24-19(15-8-10-22-11-9-15)27(21)17-4-6-18(29-3)7-5-17/h4-12H,13H2,1-3H3. The summed E-state index contributed by atoms with van der Waals surface area (Å²) < 4.78 is 7.29. The summed E-state index contributed by atoms with van der Waals surface area (Å²) in [5, 5.41) is 12.2. The number of amides is 1. The fourth-order valence-electron chi connectivity index (χ4n) is 2.81. The Balaban J connectivity index is 1.64. The lowest BCUT2D eigenvalue weighted by Crippen LogP contribution is -2.22. The highest BCUT2D eigenvalue weighted by Gasteiger charge is 2.17. The summed E-state index contributed by atoms with van der Waals surface area (Å²) in [4.78, 5) is 21.8. The average Bonchev–Trinajstić information content (AvgIpc) is 3.45. The number of hydrogen-bond donors (Lipinski definition) is 0. The van der Waals surface area contributed by atoms with Crippen LogP contribution in [0.5, 0.6) is 5.75 Å². The van der Waals surface area contributed by atoms with Crippen LogP contribution in [-0.2, 0) is 10.5 Å². The monoisotopic (exact) mass is 452 g/mol. The molecule has 0 unspecified atom stereocenters. The number of aromatic nitrogens is 5. The molecular formula is C21H20N6O2S2. The highest BCUT2D eigenvalue weighted by Crippen LogP contribution is 2.31. The molecule has 3 heterocycles. The smallest absolute Gasteiger partial charge is 0.225 e. The van der Waals surface area contributed by atoms with Crippen LogP contribution in [0.2, 0.25) is 0 Å². The molecule has 158 valence electrons. The van der Waals surface area contributed by atoms with E-state index in [4.69, 9.17) is 4.74 Å². The number of methoxy groups -OCH3 is 1. The van der Waals surface area contributed by atoms with Crippen molar-refractivity contribution in [1.82, 2.24) is 24.7 Å². The number of thiazole rings is 1. The van der Waals surface area contributed by atoms with E-state index >= 15 is 0 Å². The van der Waals surface area contributed by atoms with E-state index in [1.165, 1.54) is 30.0 Å². The predicted molar refractivity (Wildman–Crippen MR) is 122 cm³/mol. The molecule has 0 saturated carbocycles. The molecule has 4 rings (SSSR count). The Morgan fingerprint density at radius 3 is 2.58 bits per heavy atom. The number of carbonyl (C=O) groups is 1. The molecule has 10 heteroatoms. The molecule has 31 heavy (non-hydrogen) atoms. The first-order valence-electron chi connectivity index (χ1n) is 9.38. The number of pyridine rings is 1. The van der Waals surface area contributed by atoms with Gasteiger partial charge in [0.25, 0.3) is 0 Å². The summed E-state index contributed by atoms with van der Waals surface area (Å²) in [6, 6.07) is 11.6. The fourth-order valence-corrected chi connectivity index (χ4v) is 4.59. The van der Waals surface area contributed by atoms with E-state index in [1.807, 2.05) is 46.3 Å². The SMILES string of the molecule is COc1ccc(-n2c(SCc3csc(N(C)C(C)=O)n3)nnc2-c2ccncc2)cc1. The predicted octanol–water partition coefficient (Wildman–Crippen LogP) is 4.07. The summed E-state index contributed by atoms with van der Waals surface area (Å²) in [5.74, 6) is 2.06. The normalized spacial score (nSPS) is 10.8. The Hall–Kier alpha value is -3.24. The highest BCUT2D eigenvalue weighted by atomic mass is 32.2. The van der Waals surface area contributed by atoms with Gasteiger partial charge in [-0.1, -0.05) is 11.8 Å². The van der Waals surface area contributed by atoms with E-state index in [0.29, 0.717) is 10.9 Å². The molecule has 0 fully saturated rings. The number of anilines is 1. The lowest BCUT2D eigenvalue weighted by molar-refractivity contribution is -0.116. The van der Waals surface area contributed by atoms with Crippen LogP contribution in [0.1, 0.15) is 12.6 Å². The molecule has 0 aliphatic rings. The van der Waals surface area contributed by atoms with Gasteiger partial charge >= 0.3 is 0 Å². The first-order valence-corrected chi connectivity index (χ1v) is 11.2. The second-order valence-electron chi connectivity index (χ2n) is 6.56. The van der Waals surface area contributed by atoms with E-state index in [2.05, 4.69) is 20.2 Å². The van der Waals surface area contributed by atoms with Crippen molar-refractivity contribution in [3.63, 3.8) is 0 Å². The third-order valence-electron chi connectivity index (χ3n) is 4.55. The van der Waals surface area contributed by atoms with E-state index in [9.17, 15) is 4.79 Å². The van der Waals surface area contributed by atoms with E-state index < -0.39 is 0 Å². The second kappa shape index (κ2) is 9.27. The Bertz CT molecular complexity index is 1170. The maximum atomic E-state index is 11.6. The van der Waals surface area contributed by atoms with Crippen LogP contribution >= 0.6 is 23.1 Å². The Labute approximate surface area is 187 Å². The molecule has 0 aliphatic carbocycles. The van der Waals surface area contributed by atoms with Crippen LogP contribution in [0.25, 0.3) is 17.1 Å². The molecule has 0 N–H and O–H groups in total. The molecule has 0 aliphatic heterocycles. The third-order valence-corrected chi connectivity index (χ3v) is 6.48. The maximum Gasteiger partial charge on any atom is 0.225 e. The van der Waals surface area contributed by atoms with Crippen LogP contribution in [0, 0.1) is 0 Å². The van der Waals surface area contributed by atoms with Gasteiger partial charge in [0.15, 0.2) is 16.1 Å². The lowest BCUT2D eigenvalue weighted by Gasteiger charge is -2.11. The number of nitrogens with zero attached hydrogens (tertiary/aromatic N) is 6. The molecule has 0 radical (unpaired) electrons. The number of rotatable bonds is 7. The first kappa shape index (κ1) is 21.0. The topological polar surface area (TPSA) is 86.0 Å². The van der Waals surface area contributed by atoms with Crippen molar-refractivity contribution < 1.29 is 9.53 Å². The summed E-state index contributed by atoms with van der Waals surface area (Å²) >= 11 is 2.98. The molecule has 0 spiro atoms.